The summed E-state index contributed by atoms with van der Waals surface area (Å²) in [7, 11) is 0. The van der Waals surface area contributed by atoms with Crippen LogP contribution in [0.15, 0.2) is 78.9 Å². The van der Waals surface area contributed by atoms with Crippen LogP contribution in [0, 0.1) is 13.8 Å². The molecule has 0 aliphatic carbocycles. The highest BCUT2D eigenvalue weighted by atomic mass is 16.5. The van der Waals surface area contributed by atoms with Gasteiger partial charge in [0, 0.05) is 11.1 Å². The van der Waals surface area contributed by atoms with E-state index in [9.17, 15) is 9.59 Å². The molecular weight excluding hydrogens is 324 g/mol. The highest BCUT2D eigenvalue weighted by Crippen LogP contribution is 2.25. The molecule has 26 heavy (non-hydrogen) atoms. The molecule has 0 saturated carbocycles. The molecule has 0 spiro atoms. The van der Waals surface area contributed by atoms with Gasteiger partial charge in [0.2, 0.25) is 5.78 Å². The Morgan fingerprint density at radius 3 is 1.96 bits per heavy atom. The van der Waals surface area contributed by atoms with Gasteiger partial charge in [-0.2, -0.15) is 0 Å². The van der Waals surface area contributed by atoms with Gasteiger partial charge in [0.15, 0.2) is 6.10 Å². The fourth-order valence-corrected chi connectivity index (χ4v) is 2.70. The minimum absolute atomic E-state index is 0.233. The Labute approximate surface area is 153 Å². The molecule has 1 unspecified atom stereocenters. The average molecular weight is 344 g/mol. The topological polar surface area (TPSA) is 43.4 Å². The SMILES string of the molecule is Cc1ccc(C(=O)C(OC(=O)c2ccccc2)c2ccccc2)cc1C. The van der Waals surface area contributed by atoms with Crippen molar-refractivity contribution in [3.63, 3.8) is 0 Å². The van der Waals surface area contributed by atoms with E-state index in [1.54, 1.807) is 42.5 Å². The summed E-state index contributed by atoms with van der Waals surface area (Å²) >= 11 is 0. The molecule has 0 heterocycles. The second kappa shape index (κ2) is 7.79. The summed E-state index contributed by atoms with van der Waals surface area (Å²) in [5.74, 6) is -0.750. The fourth-order valence-electron chi connectivity index (χ4n) is 2.70. The maximum absolute atomic E-state index is 13.1. The molecule has 0 bridgehead atoms. The molecule has 0 amide bonds. The molecule has 0 radical (unpaired) electrons. The van der Waals surface area contributed by atoms with Gasteiger partial charge in [0.05, 0.1) is 5.56 Å². The Kier molecular flexibility index (Phi) is 5.28. The van der Waals surface area contributed by atoms with Crippen LogP contribution in [0.2, 0.25) is 0 Å². The molecule has 1 atom stereocenters. The Morgan fingerprint density at radius 2 is 1.35 bits per heavy atom. The van der Waals surface area contributed by atoms with Crippen LogP contribution >= 0.6 is 0 Å². The summed E-state index contributed by atoms with van der Waals surface area (Å²) in [4.78, 5) is 25.6. The normalized spacial score (nSPS) is 11.6. The Bertz CT molecular complexity index is 915. The van der Waals surface area contributed by atoms with Gasteiger partial charge in [0.1, 0.15) is 0 Å². The molecule has 3 rings (SSSR count). The van der Waals surface area contributed by atoms with Crippen molar-refractivity contribution >= 4 is 11.8 Å². The van der Waals surface area contributed by atoms with Crippen molar-refractivity contribution in [2.75, 3.05) is 0 Å². The van der Waals surface area contributed by atoms with Crippen LogP contribution in [0.4, 0.5) is 0 Å². The van der Waals surface area contributed by atoms with E-state index in [4.69, 9.17) is 4.74 Å². The number of benzene rings is 3. The number of aryl methyl sites for hydroxylation is 2. The number of rotatable bonds is 5. The number of esters is 1. The molecule has 0 aliphatic heterocycles. The number of hydrogen-bond acceptors (Lipinski definition) is 3. The summed E-state index contributed by atoms with van der Waals surface area (Å²) in [6.07, 6.45) is -0.981. The first-order valence-corrected chi connectivity index (χ1v) is 8.48. The van der Waals surface area contributed by atoms with Crippen LogP contribution in [0.25, 0.3) is 0 Å². The monoisotopic (exact) mass is 344 g/mol. The number of Topliss-reactive ketones (excluding diaryl/α,β-unsaturated/α-hetero) is 1. The van der Waals surface area contributed by atoms with Crippen LogP contribution in [0.5, 0.6) is 0 Å². The molecule has 0 fully saturated rings. The highest BCUT2D eigenvalue weighted by Gasteiger charge is 2.26. The summed E-state index contributed by atoms with van der Waals surface area (Å²) in [6.45, 7) is 3.95. The van der Waals surface area contributed by atoms with Crippen LogP contribution in [-0.2, 0) is 4.74 Å². The fraction of sp³-hybridized carbons (Fsp3) is 0.130. The van der Waals surface area contributed by atoms with E-state index in [2.05, 4.69) is 0 Å². The van der Waals surface area contributed by atoms with Gasteiger partial charge in [0.25, 0.3) is 0 Å². The number of carbonyl (C=O) groups excluding carboxylic acids is 2. The lowest BCUT2D eigenvalue weighted by Gasteiger charge is -2.18. The third-order valence-corrected chi connectivity index (χ3v) is 4.37. The van der Waals surface area contributed by atoms with Crippen molar-refractivity contribution in [2.24, 2.45) is 0 Å². The van der Waals surface area contributed by atoms with Gasteiger partial charge in [-0.3, -0.25) is 4.79 Å². The Balaban J connectivity index is 1.94. The maximum Gasteiger partial charge on any atom is 0.339 e. The minimum Gasteiger partial charge on any atom is -0.445 e. The standard InChI is InChI=1S/C23H20O3/c1-16-13-14-20(15-17(16)2)21(24)22(18-9-5-3-6-10-18)26-23(25)19-11-7-4-8-12-19/h3-15,22H,1-2H3. The molecule has 130 valence electrons. The van der Waals surface area contributed by atoms with Gasteiger partial charge in [-0.15, -0.1) is 0 Å². The zero-order chi connectivity index (χ0) is 18.5. The van der Waals surface area contributed by atoms with Crippen LogP contribution in [0.3, 0.4) is 0 Å². The molecule has 3 aromatic rings. The number of ketones is 1. The van der Waals surface area contributed by atoms with E-state index < -0.39 is 12.1 Å². The lowest BCUT2D eigenvalue weighted by atomic mass is 9.97. The smallest absolute Gasteiger partial charge is 0.339 e. The van der Waals surface area contributed by atoms with Crippen molar-refractivity contribution < 1.29 is 14.3 Å². The average Bonchev–Trinajstić information content (AvgIpc) is 2.69. The summed E-state index contributed by atoms with van der Waals surface area (Å²) in [5.41, 5.74) is 3.74. The van der Waals surface area contributed by atoms with E-state index in [1.165, 1.54) is 0 Å². The summed E-state index contributed by atoms with van der Waals surface area (Å²) in [6, 6.07) is 23.3. The number of hydrogen-bond donors (Lipinski definition) is 0. The lowest BCUT2D eigenvalue weighted by Crippen LogP contribution is -2.20. The van der Waals surface area contributed by atoms with Gasteiger partial charge in [-0.1, -0.05) is 60.7 Å². The summed E-state index contributed by atoms with van der Waals surface area (Å²) in [5, 5.41) is 0. The quantitative estimate of drug-likeness (QED) is 0.478. The van der Waals surface area contributed by atoms with Crippen LogP contribution < -0.4 is 0 Å². The van der Waals surface area contributed by atoms with Gasteiger partial charge in [-0.25, -0.2) is 4.79 Å². The lowest BCUT2D eigenvalue weighted by molar-refractivity contribution is 0.0280. The van der Waals surface area contributed by atoms with Crippen molar-refractivity contribution in [2.45, 2.75) is 20.0 Å². The van der Waals surface area contributed by atoms with Gasteiger partial charge < -0.3 is 4.74 Å². The molecular formula is C23H20O3. The third kappa shape index (κ3) is 3.89. The third-order valence-electron chi connectivity index (χ3n) is 4.37. The van der Waals surface area contributed by atoms with E-state index >= 15 is 0 Å². The van der Waals surface area contributed by atoms with E-state index in [0.29, 0.717) is 16.7 Å². The van der Waals surface area contributed by atoms with E-state index in [-0.39, 0.29) is 5.78 Å². The van der Waals surface area contributed by atoms with Crippen molar-refractivity contribution in [3.8, 4) is 0 Å². The molecule has 3 aromatic carbocycles. The van der Waals surface area contributed by atoms with Crippen LogP contribution in [-0.4, -0.2) is 11.8 Å². The zero-order valence-corrected chi connectivity index (χ0v) is 14.8. The summed E-state index contributed by atoms with van der Waals surface area (Å²) < 4.78 is 5.62. The Hall–Kier alpha value is -3.20. The van der Waals surface area contributed by atoms with Gasteiger partial charge >= 0.3 is 5.97 Å². The molecule has 3 nitrogen and oxygen atoms in total. The molecule has 0 saturated heterocycles. The van der Waals surface area contributed by atoms with Gasteiger partial charge in [-0.05, 0) is 43.2 Å². The molecule has 3 heteroatoms. The largest absolute Gasteiger partial charge is 0.445 e. The molecule has 0 aliphatic rings. The predicted octanol–water partition coefficient (Wildman–Crippen LogP) is 5.08. The molecule has 0 aromatic heterocycles. The zero-order valence-electron chi connectivity index (χ0n) is 14.8. The van der Waals surface area contributed by atoms with Crippen molar-refractivity contribution in [1.29, 1.82) is 0 Å². The predicted molar refractivity (Wildman–Crippen MR) is 101 cm³/mol. The van der Waals surface area contributed by atoms with Crippen molar-refractivity contribution in [3.05, 3.63) is 107 Å². The van der Waals surface area contributed by atoms with Crippen LogP contribution in [0.1, 0.15) is 43.5 Å². The Morgan fingerprint density at radius 1 is 0.731 bits per heavy atom. The first kappa shape index (κ1) is 17.6. The maximum atomic E-state index is 13.1. The molecule has 0 N–H and O–H groups in total. The minimum atomic E-state index is -0.981. The number of ether oxygens (including phenoxy) is 1. The van der Waals surface area contributed by atoms with E-state index in [1.807, 2.05) is 50.2 Å². The second-order valence-electron chi connectivity index (χ2n) is 6.23. The second-order valence-corrected chi connectivity index (χ2v) is 6.23. The first-order valence-electron chi connectivity index (χ1n) is 8.48. The first-order chi connectivity index (χ1) is 12.6. The number of carbonyl (C=O) groups is 2. The van der Waals surface area contributed by atoms with Crippen molar-refractivity contribution in [1.82, 2.24) is 0 Å². The highest BCUT2D eigenvalue weighted by molar-refractivity contribution is 6.02. The van der Waals surface area contributed by atoms with E-state index in [0.717, 1.165) is 11.1 Å².